The van der Waals surface area contributed by atoms with Crippen LogP contribution in [0.2, 0.25) is 10.0 Å². The molecule has 1 fully saturated rings. The number of halogens is 2. The van der Waals surface area contributed by atoms with Crippen molar-refractivity contribution < 1.29 is 9.90 Å². The van der Waals surface area contributed by atoms with Crippen molar-refractivity contribution in [3.8, 4) is 11.5 Å². The van der Waals surface area contributed by atoms with Gasteiger partial charge in [-0.1, -0.05) is 53.5 Å². The second kappa shape index (κ2) is 14.7. The number of carbonyl (C=O) groups excluding carboxylic acids is 1. The Kier molecular flexibility index (Phi) is 11.1. The van der Waals surface area contributed by atoms with Gasteiger partial charge in [-0.2, -0.15) is 0 Å². The lowest BCUT2D eigenvalue weighted by atomic mass is 10.00. The molecule has 4 rings (SSSR count). The number of aliphatic hydroxyl groups excluding tert-OH is 1. The fourth-order valence-electron chi connectivity index (χ4n) is 4.84. The van der Waals surface area contributed by atoms with Gasteiger partial charge < -0.3 is 15.3 Å². The monoisotopic (exact) mass is 570 g/mol. The molecule has 8 nitrogen and oxygen atoms in total. The summed E-state index contributed by atoms with van der Waals surface area (Å²) in [5, 5.41) is 13.4. The molecule has 0 bridgehead atoms. The number of carbonyl (C=O) groups is 1. The highest BCUT2D eigenvalue weighted by Crippen LogP contribution is 2.28. The largest absolute Gasteiger partial charge is 0.395 e. The van der Waals surface area contributed by atoms with Crippen molar-refractivity contribution >= 4 is 29.1 Å². The second-order valence-corrected chi connectivity index (χ2v) is 10.6. The smallest absolute Gasteiger partial charge is 0.220 e. The van der Waals surface area contributed by atoms with E-state index in [1.165, 1.54) is 0 Å². The van der Waals surface area contributed by atoms with E-state index in [1.807, 2.05) is 37.3 Å². The minimum Gasteiger partial charge on any atom is -0.395 e. The number of rotatable bonds is 12. The van der Waals surface area contributed by atoms with Gasteiger partial charge in [-0.3, -0.25) is 14.7 Å². The van der Waals surface area contributed by atoms with Gasteiger partial charge in [0.05, 0.1) is 34.1 Å². The molecular weight excluding hydrogens is 535 g/mol. The van der Waals surface area contributed by atoms with Crippen molar-refractivity contribution in [3.05, 3.63) is 75.7 Å². The van der Waals surface area contributed by atoms with Gasteiger partial charge in [-0.05, 0) is 50.4 Å². The summed E-state index contributed by atoms with van der Waals surface area (Å²) in [4.78, 5) is 31.2. The van der Waals surface area contributed by atoms with Crippen LogP contribution in [-0.4, -0.2) is 81.6 Å². The Labute approximate surface area is 240 Å². The molecule has 1 saturated heterocycles. The molecule has 2 aromatic heterocycles. The van der Waals surface area contributed by atoms with Crippen LogP contribution < -0.4 is 5.32 Å². The number of aryl methyl sites for hydroxylation is 2. The Balaban J connectivity index is 1.37. The highest BCUT2D eigenvalue weighted by Gasteiger charge is 2.20. The van der Waals surface area contributed by atoms with Gasteiger partial charge in [-0.15, -0.1) is 0 Å². The van der Waals surface area contributed by atoms with Gasteiger partial charge >= 0.3 is 0 Å². The average molecular weight is 572 g/mol. The summed E-state index contributed by atoms with van der Waals surface area (Å²) in [6.07, 6.45) is 4.12. The number of amides is 1. The lowest BCUT2D eigenvalue weighted by Crippen LogP contribution is -2.47. The number of hydrogen-bond donors (Lipinski definition) is 2. The van der Waals surface area contributed by atoms with Crippen LogP contribution >= 0.6 is 23.2 Å². The molecule has 3 aromatic rings. The number of aliphatic hydroxyl groups is 1. The van der Waals surface area contributed by atoms with Gasteiger partial charge in [0.15, 0.2) is 5.82 Å². The molecule has 0 radical (unpaired) electrons. The van der Waals surface area contributed by atoms with E-state index >= 15 is 0 Å². The standard InChI is InChI=1S/C29H36Cl2N6O2/c1-21-27(31)25(35-29(33-21)28-23(30)9-5-13-32-28)12-11-24(22-7-3-2-4-8-22)34-26(39)10-6-14-36-15-17-37(18-16-36)19-20-38/h2-5,7-9,13,24,38H,6,10-12,14-20H2,1H3,(H,34,39)/t24-/m0/s1. The summed E-state index contributed by atoms with van der Waals surface area (Å²) in [5.74, 6) is 0.476. The van der Waals surface area contributed by atoms with Crippen LogP contribution in [0.3, 0.4) is 0 Å². The molecule has 1 aliphatic rings. The zero-order chi connectivity index (χ0) is 27.6. The van der Waals surface area contributed by atoms with Gasteiger partial charge in [-0.25, -0.2) is 9.97 Å². The van der Waals surface area contributed by atoms with Crippen LogP contribution in [-0.2, 0) is 11.2 Å². The zero-order valence-electron chi connectivity index (χ0n) is 22.3. The molecule has 0 saturated carbocycles. The molecule has 208 valence electrons. The number of β-amino-alcohol motifs (C(OH)–C–C–N with tert-alkyl or cyclic N) is 1. The summed E-state index contributed by atoms with van der Waals surface area (Å²) in [6, 6.07) is 13.3. The quantitative estimate of drug-likeness (QED) is 0.334. The van der Waals surface area contributed by atoms with E-state index in [1.54, 1.807) is 18.3 Å². The van der Waals surface area contributed by atoms with E-state index in [-0.39, 0.29) is 18.6 Å². The van der Waals surface area contributed by atoms with E-state index in [4.69, 9.17) is 33.3 Å². The molecule has 0 unspecified atom stereocenters. The summed E-state index contributed by atoms with van der Waals surface area (Å²) in [7, 11) is 0. The van der Waals surface area contributed by atoms with E-state index in [0.717, 1.165) is 51.3 Å². The highest BCUT2D eigenvalue weighted by molar-refractivity contribution is 6.33. The van der Waals surface area contributed by atoms with E-state index in [2.05, 4.69) is 25.1 Å². The minimum atomic E-state index is -0.172. The van der Waals surface area contributed by atoms with Crippen LogP contribution in [0, 0.1) is 6.92 Å². The van der Waals surface area contributed by atoms with Crippen LogP contribution in [0.25, 0.3) is 11.5 Å². The van der Waals surface area contributed by atoms with Crippen molar-refractivity contribution in [2.75, 3.05) is 45.9 Å². The van der Waals surface area contributed by atoms with Crippen molar-refractivity contribution in [3.63, 3.8) is 0 Å². The van der Waals surface area contributed by atoms with E-state index in [9.17, 15) is 4.79 Å². The minimum absolute atomic E-state index is 0.0358. The number of nitrogens with zero attached hydrogens (tertiary/aromatic N) is 5. The van der Waals surface area contributed by atoms with Gasteiger partial charge in [0, 0.05) is 45.3 Å². The molecule has 0 aliphatic carbocycles. The third kappa shape index (κ3) is 8.43. The summed E-state index contributed by atoms with van der Waals surface area (Å²) in [6.45, 7) is 7.53. The molecule has 1 aliphatic heterocycles. The summed E-state index contributed by atoms with van der Waals surface area (Å²) < 4.78 is 0. The Morgan fingerprint density at radius 3 is 2.44 bits per heavy atom. The number of pyridine rings is 1. The Morgan fingerprint density at radius 1 is 1.03 bits per heavy atom. The number of nitrogens with one attached hydrogen (secondary N) is 1. The third-order valence-corrected chi connectivity index (χ3v) is 7.82. The van der Waals surface area contributed by atoms with E-state index < -0.39 is 0 Å². The van der Waals surface area contributed by atoms with Crippen LogP contribution in [0.4, 0.5) is 0 Å². The van der Waals surface area contributed by atoms with E-state index in [0.29, 0.717) is 52.2 Å². The van der Waals surface area contributed by atoms with Gasteiger partial charge in [0.25, 0.3) is 0 Å². The molecule has 10 heteroatoms. The fourth-order valence-corrected chi connectivity index (χ4v) is 5.22. The highest BCUT2D eigenvalue weighted by atomic mass is 35.5. The van der Waals surface area contributed by atoms with Crippen molar-refractivity contribution in [1.82, 2.24) is 30.1 Å². The third-order valence-electron chi connectivity index (χ3n) is 7.02. The average Bonchev–Trinajstić information content (AvgIpc) is 2.95. The molecule has 3 heterocycles. The molecule has 1 amide bonds. The van der Waals surface area contributed by atoms with Crippen molar-refractivity contribution in [2.24, 2.45) is 0 Å². The first-order valence-electron chi connectivity index (χ1n) is 13.5. The second-order valence-electron chi connectivity index (χ2n) is 9.81. The Bertz CT molecular complexity index is 1220. The molecule has 1 aromatic carbocycles. The van der Waals surface area contributed by atoms with Crippen molar-refractivity contribution in [1.29, 1.82) is 0 Å². The zero-order valence-corrected chi connectivity index (χ0v) is 23.8. The number of hydrogen-bond acceptors (Lipinski definition) is 7. The summed E-state index contributed by atoms with van der Waals surface area (Å²) >= 11 is 13.0. The fraction of sp³-hybridized carbons (Fsp3) is 0.448. The van der Waals surface area contributed by atoms with Crippen LogP contribution in [0.1, 0.15) is 42.3 Å². The van der Waals surface area contributed by atoms with Crippen LogP contribution in [0.5, 0.6) is 0 Å². The first-order chi connectivity index (χ1) is 18.9. The first kappa shape index (κ1) is 29.4. The lowest BCUT2D eigenvalue weighted by molar-refractivity contribution is -0.122. The summed E-state index contributed by atoms with van der Waals surface area (Å²) in [5.41, 5.74) is 2.93. The maximum atomic E-state index is 13.0. The maximum absolute atomic E-state index is 13.0. The predicted octanol–water partition coefficient (Wildman–Crippen LogP) is 4.33. The predicted molar refractivity (Wildman–Crippen MR) is 155 cm³/mol. The topological polar surface area (TPSA) is 94.5 Å². The SMILES string of the molecule is Cc1nc(-c2ncccc2Cl)nc(CC[C@H](NC(=O)CCCN2CCN(CCO)CC2)c2ccccc2)c1Cl. The maximum Gasteiger partial charge on any atom is 0.220 e. The Morgan fingerprint density at radius 2 is 1.74 bits per heavy atom. The number of piperazine rings is 1. The first-order valence-corrected chi connectivity index (χ1v) is 14.2. The molecular formula is C29H36Cl2N6O2. The molecule has 0 spiro atoms. The van der Waals surface area contributed by atoms with Crippen molar-refractivity contribution in [2.45, 2.75) is 38.6 Å². The molecule has 2 N–H and O–H groups in total. The van der Waals surface area contributed by atoms with Crippen LogP contribution in [0.15, 0.2) is 48.7 Å². The molecule has 1 atom stereocenters. The van der Waals surface area contributed by atoms with Gasteiger partial charge in [0.1, 0.15) is 5.69 Å². The molecule has 39 heavy (non-hydrogen) atoms. The number of aromatic nitrogens is 3. The van der Waals surface area contributed by atoms with Gasteiger partial charge in [0.2, 0.25) is 5.91 Å². The normalized spacial score (nSPS) is 15.3. The lowest BCUT2D eigenvalue weighted by Gasteiger charge is -2.34. The Hall–Kier alpha value is -2.62. The number of benzene rings is 1.